The summed E-state index contributed by atoms with van der Waals surface area (Å²) in [7, 11) is 3.31. The smallest absolute Gasteiger partial charge is 0.191 e. The molecule has 2 N–H and O–H groups in total. The van der Waals surface area contributed by atoms with Crippen LogP contribution in [-0.2, 0) is 11.2 Å². The van der Waals surface area contributed by atoms with Gasteiger partial charge in [-0.25, -0.2) is 0 Å². The lowest BCUT2D eigenvalue weighted by Crippen LogP contribution is -2.42. The quantitative estimate of drug-likeness (QED) is 0.432. The number of aliphatic imine (C=N–C) groups is 1. The maximum absolute atomic E-state index is 5.54. The lowest BCUT2D eigenvalue weighted by Gasteiger charge is -2.33. The Balaban J connectivity index is 1.60. The number of guanidine groups is 1. The molecule has 0 spiro atoms. The van der Waals surface area contributed by atoms with Crippen molar-refractivity contribution in [1.29, 1.82) is 0 Å². The van der Waals surface area contributed by atoms with Gasteiger partial charge in [-0.15, -0.1) is 11.3 Å². The SMILES string of the molecule is CCNC(=NCC(c1cccs1)N1CCOCC1)NCCc1ccc(OC)c(OC)c1. The highest BCUT2D eigenvalue weighted by Crippen LogP contribution is 2.28. The molecule has 1 atom stereocenters. The summed E-state index contributed by atoms with van der Waals surface area (Å²) in [6.45, 7) is 7.87. The minimum atomic E-state index is 0.283. The molecular formula is C23H34N4O3S. The van der Waals surface area contributed by atoms with E-state index >= 15 is 0 Å². The molecule has 3 rings (SSSR count). The van der Waals surface area contributed by atoms with E-state index in [0.717, 1.165) is 63.3 Å². The van der Waals surface area contributed by atoms with Crippen molar-refractivity contribution in [1.82, 2.24) is 15.5 Å². The maximum atomic E-state index is 5.54. The second-order valence-electron chi connectivity index (χ2n) is 7.27. The van der Waals surface area contributed by atoms with Crippen molar-refractivity contribution in [3.8, 4) is 11.5 Å². The number of benzene rings is 1. The normalized spacial score (nSPS) is 16.0. The van der Waals surface area contributed by atoms with Crippen LogP contribution in [0.25, 0.3) is 0 Å². The summed E-state index contributed by atoms with van der Waals surface area (Å²) < 4.78 is 16.3. The summed E-state index contributed by atoms with van der Waals surface area (Å²) in [4.78, 5) is 8.74. The van der Waals surface area contributed by atoms with Gasteiger partial charge in [0.25, 0.3) is 0 Å². The van der Waals surface area contributed by atoms with E-state index in [1.807, 2.05) is 12.1 Å². The molecule has 2 heterocycles. The molecule has 1 unspecified atom stereocenters. The number of rotatable bonds is 10. The summed E-state index contributed by atoms with van der Waals surface area (Å²) in [5.41, 5.74) is 1.19. The fourth-order valence-electron chi connectivity index (χ4n) is 3.64. The maximum Gasteiger partial charge on any atom is 0.191 e. The number of nitrogens with one attached hydrogen (secondary N) is 2. The fraction of sp³-hybridized carbons (Fsp3) is 0.522. The van der Waals surface area contributed by atoms with Crippen LogP contribution >= 0.6 is 11.3 Å². The Morgan fingerprint density at radius 2 is 1.97 bits per heavy atom. The predicted molar refractivity (Wildman–Crippen MR) is 127 cm³/mol. The van der Waals surface area contributed by atoms with Gasteiger partial charge in [0.2, 0.25) is 0 Å². The number of ether oxygens (including phenoxy) is 3. The van der Waals surface area contributed by atoms with Crippen molar-refractivity contribution in [2.24, 2.45) is 4.99 Å². The second kappa shape index (κ2) is 12.5. The van der Waals surface area contributed by atoms with E-state index in [1.54, 1.807) is 25.6 Å². The summed E-state index contributed by atoms with van der Waals surface area (Å²) in [6.07, 6.45) is 0.864. The molecule has 0 saturated carbocycles. The topological polar surface area (TPSA) is 67.4 Å². The molecular weight excluding hydrogens is 412 g/mol. The molecule has 0 radical (unpaired) electrons. The summed E-state index contributed by atoms with van der Waals surface area (Å²) in [5, 5.41) is 8.97. The van der Waals surface area contributed by atoms with Gasteiger partial charge in [0, 0.05) is 31.1 Å². The second-order valence-corrected chi connectivity index (χ2v) is 8.24. The van der Waals surface area contributed by atoms with Crippen LogP contribution < -0.4 is 20.1 Å². The fourth-order valence-corrected chi connectivity index (χ4v) is 4.49. The third kappa shape index (κ3) is 6.85. The van der Waals surface area contributed by atoms with E-state index in [-0.39, 0.29) is 6.04 Å². The number of hydrogen-bond acceptors (Lipinski definition) is 6. The van der Waals surface area contributed by atoms with Crippen molar-refractivity contribution >= 4 is 17.3 Å². The number of morpholine rings is 1. The van der Waals surface area contributed by atoms with Gasteiger partial charge >= 0.3 is 0 Å². The van der Waals surface area contributed by atoms with Gasteiger partial charge in [0.05, 0.1) is 40.0 Å². The molecule has 0 aliphatic carbocycles. The summed E-state index contributed by atoms with van der Waals surface area (Å²) in [5.74, 6) is 2.35. The third-order valence-electron chi connectivity index (χ3n) is 5.28. The minimum Gasteiger partial charge on any atom is -0.493 e. The molecule has 1 saturated heterocycles. The minimum absolute atomic E-state index is 0.283. The average Bonchev–Trinajstić information content (AvgIpc) is 3.34. The first kappa shape index (κ1) is 23.4. The van der Waals surface area contributed by atoms with Crippen molar-refractivity contribution < 1.29 is 14.2 Å². The van der Waals surface area contributed by atoms with E-state index in [1.165, 1.54) is 10.4 Å². The first-order valence-corrected chi connectivity index (χ1v) is 11.7. The van der Waals surface area contributed by atoms with Gasteiger partial charge in [-0.2, -0.15) is 0 Å². The Kier molecular flexibility index (Phi) is 9.45. The number of nitrogens with zero attached hydrogens (tertiary/aromatic N) is 2. The summed E-state index contributed by atoms with van der Waals surface area (Å²) in [6, 6.07) is 10.6. The average molecular weight is 447 g/mol. The van der Waals surface area contributed by atoms with Gasteiger partial charge in [-0.3, -0.25) is 9.89 Å². The van der Waals surface area contributed by atoms with Crippen molar-refractivity contribution in [2.75, 3.05) is 60.2 Å². The largest absolute Gasteiger partial charge is 0.493 e. The molecule has 170 valence electrons. The Morgan fingerprint density at radius 3 is 2.65 bits per heavy atom. The standard InChI is InChI=1S/C23H34N4O3S/c1-4-24-23(25-10-9-18-7-8-20(28-2)21(16-18)29-3)26-17-19(22-6-5-15-31-22)27-11-13-30-14-12-27/h5-8,15-16,19H,4,9-14,17H2,1-3H3,(H2,24,25,26). The van der Waals surface area contributed by atoms with Crippen LogP contribution in [0, 0.1) is 0 Å². The number of thiophene rings is 1. The predicted octanol–water partition coefficient (Wildman–Crippen LogP) is 2.94. The molecule has 2 aromatic rings. The Labute approximate surface area is 189 Å². The first-order chi connectivity index (χ1) is 15.2. The van der Waals surface area contributed by atoms with Crippen LogP contribution in [0.4, 0.5) is 0 Å². The molecule has 31 heavy (non-hydrogen) atoms. The van der Waals surface area contributed by atoms with Crippen molar-refractivity contribution in [3.05, 3.63) is 46.2 Å². The Hall–Kier alpha value is -2.29. The zero-order valence-corrected chi connectivity index (χ0v) is 19.5. The first-order valence-electron chi connectivity index (χ1n) is 10.8. The van der Waals surface area contributed by atoms with Gasteiger partial charge in [-0.05, 0) is 42.5 Å². The van der Waals surface area contributed by atoms with E-state index < -0.39 is 0 Å². The van der Waals surface area contributed by atoms with Crippen LogP contribution in [0.15, 0.2) is 40.7 Å². The zero-order chi connectivity index (χ0) is 21.9. The highest BCUT2D eigenvalue weighted by Gasteiger charge is 2.23. The van der Waals surface area contributed by atoms with Gasteiger partial charge in [-0.1, -0.05) is 12.1 Å². The number of hydrogen-bond donors (Lipinski definition) is 2. The molecule has 7 nitrogen and oxygen atoms in total. The molecule has 1 aliphatic rings. The van der Waals surface area contributed by atoms with Gasteiger partial charge in [0.1, 0.15) is 0 Å². The number of methoxy groups -OCH3 is 2. The van der Waals surface area contributed by atoms with Crippen LogP contribution in [0.2, 0.25) is 0 Å². The van der Waals surface area contributed by atoms with Crippen LogP contribution in [-0.4, -0.2) is 71.0 Å². The molecule has 1 aromatic carbocycles. The molecule has 0 amide bonds. The van der Waals surface area contributed by atoms with E-state index in [9.17, 15) is 0 Å². The highest BCUT2D eigenvalue weighted by atomic mass is 32.1. The summed E-state index contributed by atoms with van der Waals surface area (Å²) >= 11 is 1.80. The Morgan fingerprint density at radius 1 is 1.16 bits per heavy atom. The van der Waals surface area contributed by atoms with Crippen LogP contribution in [0.1, 0.15) is 23.4 Å². The van der Waals surface area contributed by atoms with Crippen molar-refractivity contribution in [3.63, 3.8) is 0 Å². The third-order valence-corrected chi connectivity index (χ3v) is 6.25. The molecule has 1 fully saturated rings. The van der Waals surface area contributed by atoms with Gasteiger partial charge < -0.3 is 24.8 Å². The van der Waals surface area contributed by atoms with E-state index in [0.29, 0.717) is 6.54 Å². The molecule has 1 aliphatic heterocycles. The lowest BCUT2D eigenvalue weighted by molar-refractivity contribution is 0.0186. The molecule has 8 heteroatoms. The van der Waals surface area contributed by atoms with Crippen molar-refractivity contribution in [2.45, 2.75) is 19.4 Å². The van der Waals surface area contributed by atoms with E-state index in [2.05, 4.69) is 46.0 Å². The van der Waals surface area contributed by atoms with Crippen LogP contribution in [0.3, 0.4) is 0 Å². The highest BCUT2D eigenvalue weighted by molar-refractivity contribution is 7.10. The molecule has 0 bridgehead atoms. The van der Waals surface area contributed by atoms with E-state index in [4.69, 9.17) is 19.2 Å². The van der Waals surface area contributed by atoms with Crippen LogP contribution in [0.5, 0.6) is 11.5 Å². The zero-order valence-electron chi connectivity index (χ0n) is 18.7. The molecule has 1 aromatic heterocycles. The monoisotopic (exact) mass is 446 g/mol. The van der Waals surface area contributed by atoms with Gasteiger partial charge in [0.15, 0.2) is 17.5 Å². The Bertz CT molecular complexity index is 807. The lowest BCUT2D eigenvalue weighted by atomic mass is 10.1.